The summed E-state index contributed by atoms with van der Waals surface area (Å²) in [5.41, 5.74) is 0. The van der Waals surface area contributed by atoms with Crippen LogP contribution in [-0.4, -0.2) is 210 Å². The molecule has 0 aromatic carbocycles. The van der Waals surface area contributed by atoms with Crippen molar-refractivity contribution in [1.29, 1.82) is 0 Å². The van der Waals surface area contributed by atoms with Gasteiger partial charge < -0.3 is 89.3 Å². The molecule has 0 aromatic heterocycles. The third-order valence-electron chi connectivity index (χ3n) is 15.6. The van der Waals surface area contributed by atoms with Crippen LogP contribution in [0, 0.1) is 35.5 Å². The molecule has 4 saturated carbocycles. The average molecular weight is 836 g/mol. The molecule has 0 amide bonds. The van der Waals surface area contributed by atoms with E-state index in [1.165, 1.54) is 14.2 Å². The first-order valence-corrected chi connectivity index (χ1v) is 21.5. The molecular formula is C40H67O18+. The lowest BCUT2D eigenvalue weighted by Gasteiger charge is -2.58. The van der Waals surface area contributed by atoms with Gasteiger partial charge in [0.15, 0.2) is 18.5 Å². The van der Waals surface area contributed by atoms with Gasteiger partial charge in [-0.25, -0.2) is 0 Å². The van der Waals surface area contributed by atoms with E-state index in [0.717, 1.165) is 0 Å². The van der Waals surface area contributed by atoms with Crippen LogP contribution < -0.4 is 0 Å². The maximum atomic E-state index is 11.9. The summed E-state index contributed by atoms with van der Waals surface area (Å²) in [5.74, 6) is -2.47. The lowest BCUT2D eigenvalue weighted by atomic mass is 9.61. The molecule has 4 saturated heterocycles. The molecule has 18 unspecified atom stereocenters. The topological polar surface area (TPSA) is 291 Å². The molecule has 0 aromatic rings. The Bertz CT molecular complexity index is 1350. The molecule has 4 aliphatic carbocycles. The standard InChI is InChI=1S/C40H66O18/c1-52-27-6-15(7-28(53-2)32(27)48)37-39(58-40-35(51)34(50)33(49)29(13-41)56-40)18-11-26(54-24-8-16(42)9-25(55-37)30(18)24)31-22(46)12-20(44)17-10-23(47)36(57-38(17)31)14-3-4-19(43)21(45)5-14/h14-51H,3-13H2,1-2H3/p+1/t14?,15?,16?,17?,18?,19?,20?,21?,22?,23-,24?,25?,26?,27?,28?,29+,30?,31?,32?,33+,34-,35+,36+,37?,38?,39?,40-/m0/s1. The van der Waals surface area contributed by atoms with Crippen LogP contribution >= 0.6 is 0 Å². The van der Waals surface area contributed by atoms with Gasteiger partial charge in [0.2, 0.25) is 0 Å². The predicted octanol–water partition coefficient (Wildman–Crippen LogP) is -3.81. The van der Waals surface area contributed by atoms with Crippen LogP contribution in [0.1, 0.15) is 64.2 Å². The molecule has 4 heterocycles. The minimum Gasteiger partial charge on any atom is -0.427 e. The fourth-order valence-corrected chi connectivity index (χ4v) is 12.6. The Kier molecular flexibility index (Phi) is 13.5. The summed E-state index contributed by atoms with van der Waals surface area (Å²) in [6, 6.07) is 0. The Morgan fingerprint density at radius 2 is 1.26 bits per heavy atom. The first-order valence-electron chi connectivity index (χ1n) is 21.5. The van der Waals surface area contributed by atoms with E-state index in [9.17, 15) is 56.2 Å². The van der Waals surface area contributed by atoms with Crippen LogP contribution in [0.3, 0.4) is 0 Å². The Morgan fingerprint density at radius 1 is 0.552 bits per heavy atom. The van der Waals surface area contributed by atoms with Crippen LogP contribution in [0.5, 0.6) is 0 Å². The first kappa shape index (κ1) is 43.9. The van der Waals surface area contributed by atoms with Gasteiger partial charge in [-0.05, 0) is 50.9 Å². The van der Waals surface area contributed by atoms with Crippen LogP contribution in [0.4, 0.5) is 0 Å². The summed E-state index contributed by atoms with van der Waals surface area (Å²) in [4.78, 5) is 0. The number of hydrogen-bond donors (Lipinski definition) is 11. The molecule has 12 N–H and O–H groups in total. The molecule has 0 radical (unpaired) electrons. The summed E-state index contributed by atoms with van der Waals surface area (Å²) in [6.07, 6.45) is -16.9. The van der Waals surface area contributed by atoms with Gasteiger partial charge in [0.1, 0.15) is 36.6 Å². The summed E-state index contributed by atoms with van der Waals surface area (Å²) >= 11 is 0. The second-order valence-electron chi connectivity index (χ2n) is 18.8. The predicted molar refractivity (Wildman–Crippen MR) is 197 cm³/mol. The van der Waals surface area contributed by atoms with Gasteiger partial charge in [0, 0.05) is 57.2 Å². The minimum absolute atomic E-state index is 0.0226. The second-order valence-corrected chi connectivity index (χ2v) is 18.8. The highest BCUT2D eigenvalue weighted by Gasteiger charge is 2.64. The fraction of sp³-hybridized carbons (Fsp3) is 1.00. The smallest absolute Gasteiger partial charge is 0.187 e. The van der Waals surface area contributed by atoms with Crippen LogP contribution in [0.25, 0.3) is 0 Å². The van der Waals surface area contributed by atoms with Crippen molar-refractivity contribution in [3.8, 4) is 0 Å². The third-order valence-corrected chi connectivity index (χ3v) is 15.6. The van der Waals surface area contributed by atoms with Gasteiger partial charge in [-0.2, -0.15) is 0 Å². The van der Waals surface area contributed by atoms with Crippen LogP contribution in [-0.2, 0) is 28.4 Å². The molecule has 4 aliphatic heterocycles. The number of fused-ring (bicyclic) bond motifs is 1. The number of aliphatic hydroxyl groups is 13. The quantitative estimate of drug-likeness (QED) is 0.105. The molecule has 8 rings (SSSR count). The molecule has 18 nitrogen and oxygen atoms in total. The number of ether oxygens (including phenoxy) is 7. The van der Waals surface area contributed by atoms with Crippen molar-refractivity contribution in [2.24, 2.45) is 35.5 Å². The van der Waals surface area contributed by atoms with Crippen molar-refractivity contribution in [3.05, 3.63) is 0 Å². The van der Waals surface area contributed by atoms with Crippen LogP contribution in [0.2, 0.25) is 0 Å². The largest absolute Gasteiger partial charge is 0.427 e. The van der Waals surface area contributed by atoms with E-state index in [2.05, 4.69) is 0 Å². The monoisotopic (exact) mass is 835 g/mol. The van der Waals surface area contributed by atoms with Gasteiger partial charge in [-0.15, -0.1) is 0 Å². The zero-order valence-electron chi connectivity index (χ0n) is 33.2. The Morgan fingerprint density at radius 3 is 1.93 bits per heavy atom. The normalized spacial score (nSPS) is 57.6. The second kappa shape index (κ2) is 17.8. The molecule has 0 spiro atoms. The highest BCUT2D eigenvalue weighted by molar-refractivity contribution is 5.09. The zero-order valence-corrected chi connectivity index (χ0v) is 33.2. The van der Waals surface area contributed by atoms with E-state index in [-0.39, 0.29) is 49.5 Å². The maximum absolute atomic E-state index is 11.9. The van der Waals surface area contributed by atoms with Gasteiger partial charge in [-0.3, -0.25) is 0 Å². The Labute approximate surface area is 337 Å². The van der Waals surface area contributed by atoms with Gasteiger partial charge in [0.25, 0.3) is 0 Å². The first-order chi connectivity index (χ1) is 27.7. The number of hydrogen-bond acceptors (Lipinski definition) is 17. The fourth-order valence-electron chi connectivity index (χ4n) is 12.6. The number of methoxy groups -OCH3 is 2. The van der Waals surface area contributed by atoms with Crippen molar-refractivity contribution in [3.63, 3.8) is 0 Å². The Balaban J connectivity index is 1.14. The van der Waals surface area contributed by atoms with Gasteiger partial charge in [-0.1, -0.05) is 0 Å². The maximum Gasteiger partial charge on any atom is 0.187 e. The molecule has 58 heavy (non-hydrogen) atoms. The van der Waals surface area contributed by atoms with Gasteiger partial charge in [0.05, 0.1) is 85.8 Å². The molecule has 334 valence electrons. The van der Waals surface area contributed by atoms with Crippen molar-refractivity contribution in [1.82, 2.24) is 0 Å². The van der Waals surface area contributed by atoms with E-state index in [0.29, 0.717) is 38.5 Å². The molecule has 18 heteroatoms. The van der Waals surface area contributed by atoms with E-state index >= 15 is 0 Å². The third kappa shape index (κ3) is 8.05. The van der Waals surface area contributed by atoms with Crippen molar-refractivity contribution >= 4 is 0 Å². The van der Waals surface area contributed by atoms with E-state index in [1.54, 1.807) is 0 Å². The minimum atomic E-state index is -1.69. The van der Waals surface area contributed by atoms with Crippen molar-refractivity contribution in [2.45, 2.75) is 193 Å². The lowest BCUT2D eigenvalue weighted by Crippen LogP contribution is -2.69. The highest BCUT2D eigenvalue weighted by atomic mass is 16.7. The Hall–Kier alpha value is -0.720. The lowest BCUT2D eigenvalue weighted by molar-refractivity contribution is -0.384. The molecule has 0 bridgehead atoms. The van der Waals surface area contributed by atoms with E-state index in [1.807, 2.05) is 0 Å². The zero-order chi connectivity index (χ0) is 41.3. The van der Waals surface area contributed by atoms with Crippen LogP contribution in [0.15, 0.2) is 0 Å². The number of rotatable bonds is 8. The SMILES string of the molecule is COC1CC(C2[OH+]C3CC(O)CC4OC(C5C(O)CC(O)C6C[C@H](O)[C@@H](C7CCC(O)C(O)C7)OC65)CC(C2O[C@@H]2O[C@H](CO)[C@@H](O)[C@H](O)[C@H]2O)C43)CC(OC)C1O. The molecular weight excluding hydrogens is 768 g/mol. The van der Waals surface area contributed by atoms with E-state index < -0.39 is 147 Å². The summed E-state index contributed by atoms with van der Waals surface area (Å²) in [6.45, 7) is -0.650. The molecule has 8 fully saturated rings. The summed E-state index contributed by atoms with van der Waals surface area (Å²) < 4.78 is 43.2. The number of aliphatic hydroxyl groups excluding tert-OH is 11. The van der Waals surface area contributed by atoms with E-state index in [4.69, 9.17) is 33.2 Å². The van der Waals surface area contributed by atoms with Gasteiger partial charge >= 0.3 is 0 Å². The van der Waals surface area contributed by atoms with Crippen molar-refractivity contribution in [2.75, 3.05) is 20.8 Å². The summed E-state index contributed by atoms with van der Waals surface area (Å²) in [7, 11) is 3.03. The molecule has 25 atom stereocenters. The highest BCUT2D eigenvalue weighted by Crippen LogP contribution is 2.54. The average Bonchev–Trinajstić information content (AvgIpc) is 3.19. The van der Waals surface area contributed by atoms with Crippen molar-refractivity contribution < 1.29 is 89.3 Å². The summed E-state index contributed by atoms with van der Waals surface area (Å²) in [5, 5.41) is 120. The molecule has 8 aliphatic rings.